The molecule has 0 bridgehead atoms. The van der Waals surface area contributed by atoms with Crippen LogP contribution in [-0.4, -0.2) is 26.8 Å². The summed E-state index contributed by atoms with van der Waals surface area (Å²) < 4.78 is 12.7. The Morgan fingerprint density at radius 3 is 2.87 bits per heavy atom. The van der Waals surface area contributed by atoms with E-state index in [-0.39, 0.29) is 0 Å². The van der Waals surface area contributed by atoms with E-state index in [2.05, 4.69) is 19.7 Å². The molecule has 0 amide bonds. The van der Waals surface area contributed by atoms with Crippen molar-refractivity contribution >= 4 is 11.8 Å². The number of benzene rings is 1. The van der Waals surface area contributed by atoms with Gasteiger partial charge in [-0.1, -0.05) is 16.9 Å². The number of hydrogen-bond donors (Lipinski definition) is 0. The van der Waals surface area contributed by atoms with Crippen LogP contribution in [0.4, 0.5) is 0 Å². The number of methoxy groups -OCH3 is 1. The maximum absolute atomic E-state index is 5.34. The molecule has 0 aliphatic heterocycles. The summed E-state index contributed by atoms with van der Waals surface area (Å²) >= 11 is 1.63. The first-order valence-electron chi connectivity index (χ1n) is 7.46. The molecular formula is C16H16N4O2S. The molecule has 1 aliphatic carbocycles. The fraction of sp³-hybridized carbons (Fsp3) is 0.312. The Bertz CT molecular complexity index is 793. The largest absolute Gasteiger partial charge is 0.497 e. The summed E-state index contributed by atoms with van der Waals surface area (Å²) in [6.07, 6.45) is 6.37. The van der Waals surface area contributed by atoms with Crippen LogP contribution in [-0.2, 0) is 5.75 Å². The van der Waals surface area contributed by atoms with Gasteiger partial charge in [0, 0.05) is 24.0 Å². The second kappa shape index (κ2) is 6.08. The van der Waals surface area contributed by atoms with Gasteiger partial charge in [0.1, 0.15) is 5.75 Å². The Labute approximate surface area is 137 Å². The molecule has 1 aliphatic rings. The highest BCUT2D eigenvalue weighted by atomic mass is 32.2. The van der Waals surface area contributed by atoms with Crippen LogP contribution in [0.1, 0.15) is 24.8 Å². The van der Waals surface area contributed by atoms with Gasteiger partial charge in [0.25, 0.3) is 0 Å². The van der Waals surface area contributed by atoms with Crippen LogP contribution in [0.25, 0.3) is 11.4 Å². The molecule has 1 aromatic carbocycles. The van der Waals surface area contributed by atoms with Crippen molar-refractivity contribution in [3.05, 3.63) is 42.5 Å². The van der Waals surface area contributed by atoms with E-state index in [4.69, 9.17) is 9.26 Å². The molecule has 118 valence electrons. The van der Waals surface area contributed by atoms with Crippen molar-refractivity contribution in [2.45, 2.75) is 29.8 Å². The molecule has 0 unspecified atom stereocenters. The number of imidazole rings is 1. The molecule has 0 saturated heterocycles. The van der Waals surface area contributed by atoms with Gasteiger partial charge >= 0.3 is 0 Å². The van der Waals surface area contributed by atoms with E-state index in [0.717, 1.165) is 16.5 Å². The van der Waals surface area contributed by atoms with Gasteiger partial charge in [0.05, 0.1) is 12.9 Å². The maximum Gasteiger partial charge on any atom is 0.237 e. The van der Waals surface area contributed by atoms with Gasteiger partial charge in [-0.3, -0.25) is 0 Å². The Morgan fingerprint density at radius 1 is 1.30 bits per heavy atom. The summed E-state index contributed by atoms with van der Waals surface area (Å²) in [7, 11) is 1.64. The predicted octanol–water partition coefficient (Wildman–Crippen LogP) is 3.57. The van der Waals surface area contributed by atoms with Gasteiger partial charge < -0.3 is 13.8 Å². The summed E-state index contributed by atoms with van der Waals surface area (Å²) in [6, 6.07) is 8.22. The molecule has 3 aromatic rings. The number of thioether (sulfide) groups is 1. The fourth-order valence-electron chi connectivity index (χ4n) is 2.34. The normalized spacial score (nSPS) is 14.1. The molecule has 2 heterocycles. The summed E-state index contributed by atoms with van der Waals surface area (Å²) in [6.45, 7) is 0. The Morgan fingerprint density at radius 2 is 2.13 bits per heavy atom. The lowest BCUT2D eigenvalue weighted by molar-refractivity contribution is 0.391. The lowest BCUT2D eigenvalue weighted by Gasteiger charge is -2.03. The zero-order valence-corrected chi connectivity index (χ0v) is 13.5. The lowest BCUT2D eigenvalue weighted by atomic mass is 10.2. The molecule has 7 heteroatoms. The molecule has 1 saturated carbocycles. The number of rotatable bonds is 6. The van der Waals surface area contributed by atoms with Gasteiger partial charge in [0.2, 0.25) is 11.7 Å². The van der Waals surface area contributed by atoms with Crippen LogP contribution in [0, 0.1) is 0 Å². The van der Waals surface area contributed by atoms with E-state index in [1.807, 2.05) is 36.7 Å². The van der Waals surface area contributed by atoms with Crippen LogP contribution in [0.15, 0.2) is 46.3 Å². The second-order valence-electron chi connectivity index (χ2n) is 5.38. The van der Waals surface area contributed by atoms with Crippen LogP contribution in [0.2, 0.25) is 0 Å². The minimum absolute atomic E-state index is 0.591. The third kappa shape index (κ3) is 3.10. The molecule has 2 aromatic heterocycles. The second-order valence-corrected chi connectivity index (χ2v) is 6.32. The smallest absolute Gasteiger partial charge is 0.237 e. The third-order valence-corrected chi connectivity index (χ3v) is 4.68. The number of ether oxygens (including phenoxy) is 1. The van der Waals surface area contributed by atoms with E-state index in [1.54, 1.807) is 18.9 Å². The SMILES string of the molecule is COc1ccc(-c2noc(CSc3nccn3C3CC3)n2)cc1. The maximum atomic E-state index is 5.34. The highest BCUT2D eigenvalue weighted by Gasteiger charge is 2.25. The van der Waals surface area contributed by atoms with Crippen LogP contribution < -0.4 is 4.74 Å². The molecule has 6 nitrogen and oxygen atoms in total. The van der Waals surface area contributed by atoms with Gasteiger partial charge in [-0.25, -0.2) is 4.98 Å². The number of nitrogens with zero attached hydrogens (tertiary/aromatic N) is 4. The zero-order valence-electron chi connectivity index (χ0n) is 12.7. The summed E-state index contributed by atoms with van der Waals surface area (Å²) in [5.74, 6) is 2.62. The summed E-state index contributed by atoms with van der Waals surface area (Å²) in [5.41, 5.74) is 0.908. The van der Waals surface area contributed by atoms with Crippen molar-refractivity contribution < 1.29 is 9.26 Å². The van der Waals surface area contributed by atoms with Crippen molar-refractivity contribution in [2.24, 2.45) is 0 Å². The van der Waals surface area contributed by atoms with Crippen LogP contribution in [0.5, 0.6) is 5.75 Å². The molecule has 0 N–H and O–H groups in total. The van der Waals surface area contributed by atoms with Crippen molar-refractivity contribution in [1.29, 1.82) is 0 Å². The highest BCUT2D eigenvalue weighted by molar-refractivity contribution is 7.98. The van der Waals surface area contributed by atoms with Crippen molar-refractivity contribution in [3.8, 4) is 17.1 Å². The molecule has 1 fully saturated rings. The Hall–Kier alpha value is -2.28. The van der Waals surface area contributed by atoms with Gasteiger partial charge in [-0.05, 0) is 37.1 Å². The first-order chi connectivity index (χ1) is 11.3. The number of aromatic nitrogens is 4. The topological polar surface area (TPSA) is 66.0 Å². The quantitative estimate of drug-likeness (QED) is 0.645. The van der Waals surface area contributed by atoms with Crippen LogP contribution in [0.3, 0.4) is 0 Å². The number of hydrogen-bond acceptors (Lipinski definition) is 6. The van der Waals surface area contributed by atoms with Gasteiger partial charge in [0.15, 0.2) is 5.16 Å². The van der Waals surface area contributed by atoms with E-state index in [1.165, 1.54) is 12.8 Å². The molecule has 4 rings (SSSR count). The minimum atomic E-state index is 0.591. The van der Waals surface area contributed by atoms with Crippen LogP contribution >= 0.6 is 11.8 Å². The molecular weight excluding hydrogens is 312 g/mol. The summed E-state index contributed by atoms with van der Waals surface area (Å²) in [4.78, 5) is 8.85. The molecule has 0 radical (unpaired) electrons. The first-order valence-corrected chi connectivity index (χ1v) is 8.44. The first kappa shape index (κ1) is 14.3. The average molecular weight is 328 g/mol. The zero-order chi connectivity index (χ0) is 15.6. The minimum Gasteiger partial charge on any atom is -0.497 e. The molecule has 0 atom stereocenters. The van der Waals surface area contributed by atoms with E-state index >= 15 is 0 Å². The Balaban J connectivity index is 1.44. The van der Waals surface area contributed by atoms with Crippen molar-refractivity contribution in [3.63, 3.8) is 0 Å². The molecule has 0 spiro atoms. The van der Waals surface area contributed by atoms with Crippen molar-refractivity contribution in [2.75, 3.05) is 7.11 Å². The fourth-order valence-corrected chi connectivity index (χ4v) is 3.20. The van der Waals surface area contributed by atoms with Gasteiger partial charge in [-0.15, -0.1) is 0 Å². The van der Waals surface area contributed by atoms with E-state index in [0.29, 0.717) is 23.5 Å². The standard InChI is InChI=1S/C16H16N4O2S/c1-21-13-6-2-11(3-7-13)15-18-14(22-19-15)10-23-16-17-8-9-20(16)12-4-5-12/h2-3,6-9,12H,4-5,10H2,1H3. The van der Waals surface area contributed by atoms with Crippen molar-refractivity contribution in [1.82, 2.24) is 19.7 Å². The predicted molar refractivity (Wildman–Crippen MR) is 86.3 cm³/mol. The average Bonchev–Trinajstić information content (AvgIpc) is 3.14. The Kier molecular flexibility index (Phi) is 3.78. The molecule has 23 heavy (non-hydrogen) atoms. The highest BCUT2D eigenvalue weighted by Crippen LogP contribution is 2.38. The van der Waals surface area contributed by atoms with E-state index < -0.39 is 0 Å². The monoisotopic (exact) mass is 328 g/mol. The third-order valence-electron chi connectivity index (χ3n) is 3.71. The lowest BCUT2D eigenvalue weighted by Crippen LogP contribution is -1.94. The van der Waals surface area contributed by atoms with Gasteiger partial charge in [-0.2, -0.15) is 4.98 Å². The summed E-state index contributed by atoms with van der Waals surface area (Å²) in [5, 5.41) is 5.06. The van der Waals surface area contributed by atoms with E-state index in [9.17, 15) is 0 Å².